The Balaban J connectivity index is 2.13. The lowest BCUT2D eigenvalue weighted by Crippen LogP contribution is -1.97. The molecule has 2 aromatic heterocycles. The highest BCUT2D eigenvalue weighted by molar-refractivity contribution is 7.98. The lowest BCUT2D eigenvalue weighted by atomic mass is 10.3. The Kier molecular flexibility index (Phi) is 3.88. The number of hydrogen-bond donors (Lipinski definition) is 2. The molecule has 2 heterocycles. The second kappa shape index (κ2) is 5.58. The second-order valence-electron chi connectivity index (χ2n) is 3.29. The van der Waals surface area contributed by atoms with Gasteiger partial charge in [-0.1, -0.05) is 11.8 Å². The summed E-state index contributed by atoms with van der Waals surface area (Å²) in [6.07, 6.45) is 1.67. The number of rotatable bonds is 5. The van der Waals surface area contributed by atoms with Gasteiger partial charge in [-0.15, -0.1) is 5.10 Å². The fourth-order valence-corrected chi connectivity index (χ4v) is 2.15. The lowest BCUT2D eigenvalue weighted by Gasteiger charge is -2.10. The van der Waals surface area contributed by atoms with Crippen molar-refractivity contribution in [2.45, 2.75) is 10.9 Å². The molecule has 3 N–H and O–H groups in total. The van der Waals surface area contributed by atoms with E-state index in [1.54, 1.807) is 26.5 Å². The van der Waals surface area contributed by atoms with Crippen LogP contribution in [-0.4, -0.2) is 34.4 Å². The topological polar surface area (TPSA) is 98.9 Å². The van der Waals surface area contributed by atoms with Crippen LogP contribution < -0.4 is 15.2 Å². The third kappa shape index (κ3) is 2.65. The van der Waals surface area contributed by atoms with E-state index in [4.69, 9.17) is 15.2 Å². The predicted molar refractivity (Wildman–Crippen MR) is 67.7 cm³/mol. The first-order valence-corrected chi connectivity index (χ1v) is 6.09. The van der Waals surface area contributed by atoms with Crippen molar-refractivity contribution >= 4 is 17.7 Å². The largest absolute Gasteiger partial charge is 0.493 e. The number of methoxy groups -OCH3 is 2. The number of nitrogen functional groups attached to an aromatic ring is 1. The quantitative estimate of drug-likeness (QED) is 0.782. The van der Waals surface area contributed by atoms with Gasteiger partial charge in [-0.25, -0.2) is 5.10 Å². The molecule has 0 fully saturated rings. The van der Waals surface area contributed by atoms with E-state index >= 15 is 0 Å². The predicted octanol–water partition coefficient (Wildman–Crippen LogP) is 1.09. The molecule has 0 aromatic carbocycles. The molecular weight excluding hydrogens is 254 g/mol. The number of hydrogen-bond acceptors (Lipinski definition) is 7. The summed E-state index contributed by atoms with van der Waals surface area (Å²) in [5, 5.41) is 7.08. The van der Waals surface area contributed by atoms with Gasteiger partial charge in [-0.05, 0) is 0 Å². The van der Waals surface area contributed by atoms with Gasteiger partial charge >= 0.3 is 0 Å². The highest BCUT2D eigenvalue weighted by Gasteiger charge is 2.12. The molecule has 7 nitrogen and oxygen atoms in total. The summed E-state index contributed by atoms with van der Waals surface area (Å²) in [5.74, 6) is 2.13. The van der Waals surface area contributed by atoms with E-state index in [1.807, 2.05) is 0 Å². The van der Waals surface area contributed by atoms with Crippen LogP contribution in [0.2, 0.25) is 0 Å². The zero-order valence-corrected chi connectivity index (χ0v) is 10.8. The number of thioether (sulfide) groups is 1. The summed E-state index contributed by atoms with van der Waals surface area (Å²) in [6, 6.07) is 1.75. The van der Waals surface area contributed by atoms with E-state index in [-0.39, 0.29) is 0 Å². The molecule has 0 spiro atoms. The van der Waals surface area contributed by atoms with Gasteiger partial charge in [0, 0.05) is 18.0 Å². The van der Waals surface area contributed by atoms with E-state index in [9.17, 15) is 0 Å². The van der Waals surface area contributed by atoms with E-state index in [2.05, 4.69) is 20.2 Å². The molecule has 96 valence electrons. The monoisotopic (exact) mass is 267 g/mol. The molecule has 0 bridgehead atoms. The van der Waals surface area contributed by atoms with E-state index < -0.39 is 0 Å². The Hall–Kier alpha value is -1.96. The fraction of sp³-hybridized carbons (Fsp3) is 0.300. The minimum atomic E-state index is 0.295. The number of H-pyrrole nitrogens is 1. The zero-order chi connectivity index (χ0) is 13.0. The molecule has 0 atom stereocenters. The van der Waals surface area contributed by atoms with E-state index in [1.165, 1.54) is 11.8 Å². The molecular formula is C10H13N5O2S. The Bertz CT molecular complexity index is 531. The van der Waals surface area contributed by atoms with Crippen LogP contribution in [0.4, 0.5) is 5.95 Å². The van der Waals surface area contributed by atoms with Gasteiger partial charge in [-0.3, -0.25) is 4.98 Å². The molecule has 2 rings (SSSR count). The molecule has 18 heavy (non-hydrogen) atoms. The Morgan fingerprint density at radius 2 is 2.22 bits per heavy atom. The normalized spacial score (nSPS) is 10.3. The van der Waals surface area contributed by atoms with Crippen LogP contribution >= 0.6 is 11.8 Å². The third-order valence-corrected chi connectivity index (χ3v) is 3.04. The summed E-state index contributed by atoms with van der Waals surface area (Å²) in [7, 11) is 3.17. The maximum Gasteiger partial charge on any atom is 0.216 e. The van der Waals surface area contributed by atoms with Crippen molar-refractivity contribution in [3.05, 3.63) is 18.0 Å². The van der Waals surface area contributed by atoms with Gasteiger partial charge in [0.1, 0.15) is 0 Å². The van der Waals surface area contributed by atoms with Crippen LogP contribution in [0.1, 0.15) is 5.69 Å². The first-order chi connectivity index (χ1) is 8.74. The van der Waals surface area contributed by atoms with Crippen molar-refractivity contribution in [3.8, 4) is 11.5 Å². The smallest absolute Gasteiger partial charge is 0.216 e. The van der Waals surface area contributed by atoms with Crippen LogP contribution in [0.5, 0.6) is 11.5 Å². The van der Waals surface area contributed by atoms with Crippen LogP contribution in [0.3, 0.4) is 0 Å². The number of aromatic amines is 1. The van der Waals surface area contributed by atoms with Crippen LogP contribution in [0.15, 0.2) is 17.4 Å². The Morgan fingerprint density at radius 1 is 1.39 bits per heavy atom. The molecule has 0 amide bonds. The highest BCUT2D eigenvalue weighted by Crippen LogP contribution is 2.32. The van der Waals surface area contributed by atoms with Crippen molar-refractivity contribution in [1.29, 1.82) is 0 Å². The third-order valence-electron chi connectivity index (χ3n) is 2.19. The van der Waals surface area contributed by atoms with Gasteiger partial charge < -0.3 is 15.2 Å². The molecule has 0 aliphatic carbocycles. The van der Waals surface area contributed by atoms with Gasteiger partial charge in [0.25, 0.3) is 0 Å². The van der Waals surface area contributed by atoms with Crippen LogP contribution in [-0.2, 0) is 5.75 Å². The maximum absolute atomic E-state index is 5.45. The van der Waals surface area contributed by atoms with Gasteiger partial charge in [0.05, 0.1) is 19.9 Å². The maximum atomic E-state index is 5.45. The number of aromatic nitrogens is 4. The summed E-state index contributed by atoms with van der Waals surface area (Å²) in [5.41, 5.74) is 6.22. The number of anilines is 1. The number of nitrogens with one attached hydrogen (secondary N) is 1. The number of nitrogens with zero attached hydrogens (tertiary/aromatic N) is 3. The van der Waals surface area contributed by atoms with Gasteiger partial charge in [0.15, 0.2) is 11.5 Å². The second-order valence-corrected chi connectivity index (χ2v) is 4.23. The first-order valence-electron chi connectivity index (χ1n) is 5.11. The average Bonchev–Trinajstić information content (AvgIpc) is 2.81. The summed E-state index contributed by atoms with van der Waals surface area (Å²) in [4.78, 5) is 8.26. The molecule has 2 aromatic rings. The van der Waals surface area contributed by atoms with Crippen molar-refractivity contribution < 1.29 is 9.47 Å². The molecule has 0 aliphatic rings. The Labute approximate surface area is 108 Å². The molecule has 0 saturated carbocycles. The first kappa shape index (κ1) is 12.5. The lowest BCUT2D eigenvalue weighted by molar-refractivity contribution is 0.350. The van der Waals surface area contributed by atoms with Crippen molar-refractivity contribution in [2.75, 3.05) is 20.0 Å². The van der Waals surface area contributed by atoms with Gasteiger partial charge in [-0.2, -0.15) is 4.98 Å². The molecule has 0 saturated heterocycles. The standard InChI is InChI=1S/C10H13N5O2S/c1-16-7-3-4-12-6(8(7)17-2)5-18-10-13-9(11)14-15-10/h3-4H,5H2,1-2H3,(H3,11,13,14,15). The molecule has 8 heteroatoms. The summed E-state index contributed by atoms with van der Waals surface area (Å²) < 4.78 is 10.5. The molecule has 0 aliphatic heterocycles. The SMILES string of the molecule is COc1ccnc(CSc2n[nH]c(N)n2)c1OC. The highest BCUT2D eigenvalue weighted by atomic mass is 32.2. The van der Waals surface area contributed by atoms with Crippen molar-refractivity contribution in [2.24, 2.45) is 0 Å². The number of ether oxygens (including phenoxy) is 2. The summed E-state index contributed by atoms with van der Waals surface area (Å²) in [6.45, 7) is 0. The number of pyridine rings is 1. The zero-order valence-electron chi connectivity index (χ0n) is 10.0. The minimum absolute atomic E-state index is 0.295. The summed E-state index contributed by atoms with van der Waals surface area (Å²) >= 11 is 1.41. The fourth-order valence-electron chi connectivity index (χ4n) is 1.41. The van der Waals surface area contributed by atoms with Crippen molar-refractivity contribution in [1.82, 2.24) is 20.2 Å². The van der Waals surface area contributed by atoms with Crippen molar-refractivity contribution in [3.63, 3.8) is 0 Å². The Morgan fingerprint density at radius 3 is 2.83 bits per heavy atom. The molecule has 0 radical (unpaired) electrons. The number of nitrogens with two attached hydrogens (primary N) is 1. The van der Waals surface area contributed by atoms with Crippen LogP contribution in [0.25, 0.3) is 0 Å². The van der Waals surface area contributed by atoms with Crippen LogP contribution in [0, 0.1) is 0 Å². The minimum Gasteiger partial charge on any atom is -0.493 e. The van der Waals surface area contributed by atoms with E-state index in [0.717, 1.165) is 5.69 Å². The van der Waals surface area contributed by atoms with E-state index in [0.29, 0.717) is 28.4 Å². The average molecular weight is 267 g/mol. The molecule has 0 unspecified atom stereocenters. The van der Waals surface area contributed by atoms with Gasteiger partial charge in [0.2, 0.25) is 11.1 Å².